The summed E-state index contributed by atoms with van der Waals surface area (Å²) >= 11 is 0. The second-order valence-corrected chi connectivity index (χ2v) is 3.15. The molecular formula is C8H16ClNO2. The molecule has 0 amide bonds. The molecule has 12 heavy (non-hydrogen) atoms. The lowest BCUT2D eigenvalue weighted by atomic mass is 9.92. The van der Waals surface area contributed by atoms with Crippen LogP contribution in [0.3, 0.4) is 0 Å². The van der Waals surface area contributed by atoms with Gasteiger partial charge in [-0.15, -0.1) is 12.4 Å². The molecule has 4 heteroatoms. The standard InChI is InChI=1S/C8H15NO2.ClH/c1-2-3-6-4-9-5-7(6)8(10)11;/h6-7,9H,2-5H2,1H3,(H,10,11);1H/t6-,7-;/m1./s1. The third-order valence-corrected chi connectivity index (χ3v) is 2.32. The number of carboxylic acids is 1. The number of rotatable bonds is 3. The molecule has 0 aliphatic carbocycles. The van der Waals surface area contributed by atoms with E-state index in [4.69, 9.17) is 5.11 Å². The maximum Gasteiger partial charge on any atom is 0.308 e. The van der Waals surface area contributed by atoms with Crippen molar-refractivity contribution in [3.63, 3.8) is 0 Å². The summed E-state index contributed by atoms with van der Waals surface area (Å²) < 4.78 is 0. The Hall–Kier alpha value is -0.280. The van der Waals surface area contributed by atoms with Crippen LogP contribution >= 0.6 is 12.4 Å². The van der Waals surface area contributed by atoms with Gasteiger partial charge < -0.3 is 10.4 Å². The first-order chi connectivity index (χ1) is 5.25. The average molecular weight is 194 g/mol. The minimum atomic E-state index is -0.645. The summed E-state index contributed by atoms with van der Waals surface area (Å²) in [5, 5.41) is 11.9. The molecule has 0 saturated carbocycles. The van der Waals surface area contributed by atoms with Gasteiger partial charge in [0.05, 0.1) is 5.92 Å². The molecule has 1 heterocycles. The predicted molar refractivity (Wildman–Crippen MR) is 49.6 cm³/mol. The SMILES string of the molecule is CCC[C@@H]1CNC[C@H]1C(=O)O.Cl. The molecular weight excluding hydrogens is 178 g/mol. The molecule has 1 rings (SSSR count). The van der Waals surface area contributed by atoms with Gasteiger partial charge >= 0.3 is 5.97 Å². The molecule has 0 radical (unpaired) electrons. The molecule has 1 fully saturated rings. The lowest BCUT2D eigenvalue weighted by Crippen LogP contribution is -2.21. The first-order valence-corrected chi connectivity index (χ1v) is 4.19. The Kier molecular flexibility index (Phi) is 5.25. The van der Waals surface area contributed by atoms with E-state index in [1.807, 2.05) is 0 Å². The average Bonchev–Trinajstić information content (AvgIpc) is 2.36. The number of nitrogens with one attached hydrogen (secondary N) is 1. The largest absolute Gasteiger partial charge is 0.481 e. The summed E-state index contributed by atoms with van der Waals surface area (Å²) in [7, 11) is 0. The zero-order valence-corrected chi connectivity index (χ0v) is 8.06. The molecule has 1 aliphatic heterocycles. The first kappa shape index (κ1) is 11.7. The van der Waals surface area contributed by atoms with E-state index < -0.39 is 5.97 Å². The van der Waals surface area contributed by atoms with Crippen molar-refractivity contribution in [3.8, 4) is 0 Å². The van der Waals surface area contributed by atoms with Gasteiger partial charge in [-0.25, -0.2) is 0 Å². The molecule has 0 unspecified atom stereocenters. The van der Waals surface area contributed by atoms with Crippen molar-refractivity contribution in [2.75, 3.05) is 13.1 Å². The zero-order chi connectivity index (χ0) is 8.27. The van der Waals surface area contributed by atoms with Crippen LogP contribution in [0.15, 0.2) is 0 Å². The zero-order valence-electron chi connectivity index (χ0n) is 7.25. The quantitative estimate of drug-likeness (QED) is 0.707. The molecule has 2 N–H and O–H groups in total. The van der Waals surface area contributed by atoms with Crippen molar-refractivity contribution in [1.82, 2.24) is 5.32 Å². The van der Waals surface area contributed by atoms with Gasteiger partial charge in [0.25, 0.3) is 0 Å². The fourth-order valence-electron chi connectivity index (χ4n) is 1.70. The van der Waals surface area contributed by atoms with Crippen molar-refractivity contribution < 1.29 is 9.90 Å². The van der Waals surface area contributed by atoms with E-state index in [0.29, 0.717) is 12.5 Å². The Morgan fingerprint density at radius 1 is 1.58 bits per heavy atom. The van der Waals surface area contributed by atoms with Gasteiger partial charge in [-0.05, 0) is 18.9 Å². The number of halogens is 1. The molecule has 2 atom stereocenters. The van der Waals surface area contributed by atoms with Crippen LogP contribution in [0.4, 0.5) is 0 Å². The third-order valence-electron chi connectivity index (χ3n) is 2.32. The topological polar surface area (TPSA) is 49.3 Å². The van der Waals surface area contributed by atoms with Gasteiger partial charge in [0.1, 0.15) is 0 Å². The summed E-state index contributed by atoms with van der Waals surface area (Å²) in [5.41, 5.74) is 0. The Morgan fingerprint density at radius 3 is 2.75 bits per heavy atom. The van der Waals surface area contributed by atoms with E-state index in [9.17, 15) is 4.79 Å². The van der Waals surface area contributed by atoms with Crippen LogP contribution in [-0.2, 0) is 4.79 Å². The minimum absolute atomic E-state index is 0. The second-order valence-electron chi connectivity index (χ2n) is 3.15. The molecule has 72 valence electrons. The lowest BCUT2D eigenvalue weighted by Gasteiger charge is -2.12. The highest BCUT2D eigenvalue weighted by atomic mass is 35.5. The maximum atomic E-state index is 10.6. The first-order valence-electron chi connectivity index (χ1n) is 4.19. The Labute approximate surface area is 78.9 Å². The third kappa shape index (κ3) is 2.64. The number of hydrogen-bond donors (Lipinski definition) is 2. The van der Waals surface area contributed by atoms with Gasteiger partial charge in [0.2, 0.25) is 0 Å². The summed E-state index contributed by atoms with van der Waals surface area (Å²) in [6.45, 7) is 3.63. The molecule has 0 aromatic heterocycles. The number of aliphatic carboxylic acids is 1. The number of carboxylic acid groups (broad SMARTS) is 1. The molecule has 1 saturated heterocycles. The second kappa shape index (κ2) is 5.38. The van der Waals surface area contributed by atoms with Crippen LogP contribution < -0.4 is 5.32 Å². The van der Waals surface area contributed by atoms with Crippen LogP contribution in [0.2, 0.25) is 0 Å². The minimum Gasteiger partial charge on any atom is -0.481 e. The predicted octanol–water partition coefficient (Wildman–Crippen LogP) is 1.13. The van der Waals surface area contributed by atoms with Gasteiger partial charge in [0, 0.05) is 6.54 Å². The molecule has 3 nitrogen and oxygen atoms in total. The molecule has 0 aromatic rings. The molecule has 0 bridgehead atoms. The van der Waals surface area contributed by atoms with Crippen LogP contribution in [0, 0.1) is 11.8 Å². The highest BCUT2D eigenvalue weighted by Crippen LogP contribution is 2.21. The van der Waals surface area contributed by atoms with Crippen molar-refractivity contribution >= 4 is 18.4 Å². The highest BCUT2D eigenvalue weighted by molar-refractivity contribution is 5.85. The molecule has 1 aliphatic rings. The number of hydrogen-bond acceptors (Lipinski definition) is 2. The fraction of sp³-hybridized carbons (Fsp3) is 0.875. The van der Waals surface area contributed by atoms with Gasteiger partial charge in [-0.1, -0.05) is 13.3 Å². The normalized spacial score (nSPS) is 28.1. The van der Waals surface area contributed by atoms with Gasteiger partial charge in [-0.2, -0.15) is 0 Å². The fourth-order valence-corrected chi connectivity index (χ4v) is 1.70. The van der Waals surface area contributed by atoms with Crippen LogP contribution in [0.1, 0.15) is 19.8 Å². The van der Waals surface area contributed by atoms with Crippen molar-refractivity contribution in [2.45, 2.75) is 19.8 Å². The monoisotopic (exact) mass is 193 g/mol. The van der Waals surface area contributed by atoms with Crippen molar-refractivity contribution in [1.29, 1.82) is 0 Å². The van der Waals surface area contributed by atoms with E-state index in [0.717, 1.165) is 19.4 Å². The lowest BCUT2D eigenvalue weighted by molar-refractivity contribution is -0.142. The van der Waals surface area contributed by atoms with Crippen molar-refractivity contribution in [2.24, 2.45) is 11.8 Å². The maximum absolute atomic E-state index is 10.6. The van der Waals surface area contributed by atoms with Crippen LogP contribution in [0.5, 0.6) is 0 Å². The van der Waals surface area contributed by atoms with Crippen LogP contribution in [-0.4, -0.2) is 24.2 Å². The van der Waals surface area contributed by atoms with E-state index in [2.05, 4.69) is 12.2 Å². The van der Waals surface area contributed by atoms with Crippen molar-refractivity contribution in [3.05, 3.63) is 0 Å². The Morgan fingerprint density at radius 2 is 2.25 bits per heavy atom. The Balaban J connectivity index is 0.00000121. The highest BCUT2D eigenvalue weighted by Gasteiger charge is 2.31. The molecule has 0 aromatic carbocycles. The van der Waals surface area contributed by atoms with E-state index in [1.165, 1.54) is 0 Å². The molecule has 0 spiro atoms. The summed E-state index contributed by atoms with van der Waals surface area (Å²) in [5.74, 6) is -0.430. The van der Waals surface area contributed by atoms with E-state index in [1.54, 1.807) is 0 Å². The summed E-state index contributed by atoms with van der Waals surface area (Å²) in [6.07, 6.45) is 2.11. The van der Waals surface area contributed by atoms with Gasteiger partial charge in [-0.3, -0.25) is 4.79 Å². The van der Waals surface area contributed by atoms with Gasteiger partial charge in [0.15, 0.2) is 0 Å². The van der Waals surface area contributed by atoms with E-state index in [-0.39, 0.29) is 18.3 Å². The van der Waals surface area contributed by atoms with Crippen LogP contribution in [0.25, 0.3) is 0 Å². The smallest absolute Gasteiger partial charge is 0.308 e. The Bertz CT molecular complexity index is 152. The summed E-state index contributed by atoms with van der Waals surface area (Å²) in [6, 6.07) is 0. The van der Waals surface area contributed by atoms with E-state index >= 15 is 0 Å². The number of carbonyl (C=O) groups is 1. The summed E-state index contributed by atoms with van der Waals surface area (Å²) in [4.78, 5) is 10.6.